The van der Waals surface area contributed by atoms with E-state index in [1.165, 1.54) is 5.56 Å². The molecule has 100 valence electrons. The van der Waals surface area contributed by atoms with Crippen molar-refractivity contribution in [3.63, 3.8) is 0 Å². The first kappa shape index (κ1) is 13.6. The monoisotopic (exact) mass is 267 g/mol. The van der Waals surface area contributed by atoms with Crippen LogP contribution >= 0.6 is 0 Å². The van der Waals surface area contributed by atoms with Crippen LogP contribution in [-0.2, 0) is 10.8 Å². The van der Waals surface area contributed by atoms with Crippen molar-refractivity contribution in [1.82, 2.24) is 5.32 Å². The zero-order chi connectivity index (χ0) is 13.3. The molecule has 0 aliphatic carbocycles. The molecule has 0 saturated carbocycles. The highest BCUT2D eigenvalue weighted by Gasteiger charge is 2.33. The van der Waals surface area contributed by atoms with Crippen LogP contribution in [0.15, 0.2) is 18.2 Å². The highest BCUT2D eigenvalue weighted by Crippen LogP contribution is 2.31. The first-order valence-electron chi connectivity index (χ1n) is 6.18. The van der Waals surface area contributed by atoms with Gasteiger partial charge in [-0.05, 0) is 26.8 Å². The van der Waals surface area contributed by atoms with Crippen molar-refractivity contribution in [3.05, 3.63) is 29.3 Å². The van der Waals surface area contributed by atoms with Gasteiger partial charge in [0, 0.05) is 39.4 Å². The quantitative estimate of drug-likeness (QED) is 0.892. The van der Waals surface area contributed by atoms with Crippen molar-refractivity contribution < 1.29 is 8.95 Å². The first-order chi connectivity index (χ1) is 8.41. The van der Waals surface area contributed by atoms with E-state index in [1.54, 1.807) is 7.11 Å². The maximum Gasteiger partial charge on any atom is 0.123 e. The molecule has 2 unspecified atom stereocenters. The molecule has 1 saturated heterocycles. The van der Waals surface area contributed by atoms with E-state index < -0.39 is 10.8 Å². The maximum atomic E-state index is 12.0. The standard InChI is InChI=1S/C14H21NO2S/c1-10-5-6-13(17-4)11(7-10)12-8-18(16)9-14(2,3)15-12/h5-7,12,15H,8-9H2,1-4H3. The van der Waals surface area contributed by atoms with E-state index in [9.17, 15) is 4.21 Å². The minimum atomic E-state index is -0.775. The molecule has 4 heteroatoms. The minimum Gasteiger partial charge on any atom is -0.496 e. The molecule has 0 bridgehead atoms. The number of ether oxygens (including phenoxy) is 1. The van der Waals surface area contributed by atoms with Crippen molar-refractivity contribution in [2.45, 2.75) is 32.4 Å². The predicted octanol–water partition coefficient (Wildman–Crippen LogP) is 2.18. The van der Waals surface area contributed by atoms with Gasteiger partial charge in [0.2, 0.25) is 0 Å². The van der Waals surface area contributed by atoms with Crippen LogP contribution in [0.5, 0.6) is 5.75 Å². The van der Waals surface area contributed by atoms with E-state index in [0.29, 0.717) is 11.5 Å². The fraction of sp³-hybridized carbons (Fsp3) is 0.571. The van der Waals surface area contributed by atoms with Gasteiger partial charge >= 0.3 is 0 Å². The molecule has 1 aromatic carbocycles. The van der Waals surface area contributed by atoms with Gasteiger partial charge < -0.3 is 10.1 Å². The normalized spacial score (nSPS) is 26.9. The second-order valence-corrected chi connectivity index (χ2v) is 7.08. The number of hydrogen-bond acceptors (Lipinski definition) is 3. The first-order valence-corrected chi connectivity index (χ1v) is 7.67. The molecule has 18 heavy (non-hydrogen) atoms. The van der Waals surface area contributed by atoms with Gasteiger partial charge in [0.05, 0.1) is 7.11 Å². The SMILES string of the molecule is COc1ccc(C)cc1C1CS(=O)CC(C)(C)N1. The van der Waals surface area contributed by atoms with Gasteiger partial charge in [0.15, 0.2) is 0 Å². The van der Waals surface area contributed by atoms with Crippen LogP contribution in [0, 0.1) is 6.92 Å². The van der Waals surface area contributed by atoms with E-state index in [1.807, 2.05) is 12.1 Å². The largest absolute Gasteiger partial charge is 0.496 e. The average molecular weight is 267 g/mol. The van der Waals surface area contributed by atoms with Crippen LogP contribution in [0.25, 0.3) is 0 Å². The van der Waals surface area contributed by atoms with E-state index >= 15 is 0 Å². The van der Waals surface area contributed by atoms with Crippen LogP contribution in [0.1, 0.15) is 31.0 Å². The Kier molecular flexibility index (Phi) is 3.78. The average Bonchev–Trinajstić information content (AvgIpc) is 2.26. The summed E-state index contributed by atoms with van der Waals surface area (Å²) >= 11 is 0. The Labute approximate surface area is 111 Å². The molecule has 1 aliphatic rings. The Morgan fingerprint density at radius 1 is 1.44 bits per heavy atom. The van der Waals surface area contributed by atoms with Gasteiger partial charge in [-0.25, -0.2) is 0 Å². The van der Waals surface area contributed by atoms with Crippen LogP contribution in [-0.4, -0.2) is 28.4 Å². The molecular formula is C14H21NO2S. The van der Waals surface area contributed by atoms with E-state index in [4.69, 9.17) is 4.74 Å². The van der Waals surface area contributed by atoms with Gasteiger partial charge in [0.25, 0.3) is 0 Å². The van der Waals surface area contributed by atoms with Crippen molar-refractivity contribution in [3.8, 4) is 5.75 Å². The summed E-state index contributed by atoms with van der Waals surface area (Å²) in [6, 6.07) is 6.24. The Bertz CT molecular complexity index is 471. The molecule has 1 aromatic rings. The summed E-state index contributed by atoms with van der Waals surface area (Å²) in [7, 11) is 0.905. The molecule has 1 N–H and O–H groups in total. The molecule has 0 radical (unpaired) electrons. The number of benzene rings is 1. The summed E-state index contributed by atoms with van der Waals surface area (Å²) in [5, 5.41) is 3.57. The summed E-state index contributed by atoms with van der Waals surface area (Å²) in [4.78, 5) is 0. The number of rotatable bonds is 2. The van der Waals surface area contributed by atoms with Crippen molar-refractivity contribution in [2.24, 2.45) is 0 Å². The molecule has 3 nitrogen and oxygen atoms in total. The fourth-order valence-corrected chi connectivity index (χ4v) is 4.14. The van der Waals surface area contributed by atoms with Crippen molar-refractivity contribution in [2.75, 3.05) is 18.6 Å². The van der Waals surface area contributed by atoms with Crippen LogP contribution in [0.3, 0.4) is 0 Å². The molecule has 0 spiro atoms. The third-order valence-corrected chi connectivity index (χ3v) is 4.95. The summed E-state index contributed by atoms with van der Waals surface area (Å²) in [6.45, 7) is 6.26. The fourth-order valence-electron chi connectivity index (χ4n) is 2.50. The topological polar surface area (TPSA) is 38.3 Å². The second kappa shape index (κ2) is 5.02. The molecule has 1 heterocycles. The Balaban J connectivity index is 2.35. The van der Waals surface area contributed by atoms with Gasteiger partial charge in [0.1, 0.15) is 5.75 Å². The molecule has 1 aliphatic heterocycles. The molecule has 2 rings (SSSR count). The third kappa shape index (κ3) is 2.93. The zero-order valence-electron chi connectivity index (χ0n) is 11.4. The second-order valence-electron chi connectivity index (χ2n) is 5.58. The molecule has 2 atom stereocenters. The van der Waals surface area contributed by atoms with E-state index in [-0.39, 0.29) is 11.6 Å². The lowest BCUT2D eigenvalue weighted by Gasteiger charge is -2.37. The van der Waals surface area contributed by atoms with Crippen LogP contribution in [0.2, 0.25) is 0 Å². The number of methoxy groups -OCH3 is 1. The highest BCUT2D eigenvalue weighted by atomic mass is 32.2. The van der Waals surface area contributed by atoms with Crippen LogP contribution < -0.4 is 10.1 Å². The molecule has 1 fully saturated rings. The van der Waals surface area contributed by atoms with Gasteiger partial charge in [-0.3, -0.25) is 4.21 Å². The summed E-state index contributed by atoms with van der Waals surface area (Å²) in [5.41, 5.74) is 2.21. The number of aryl methyl sites for hydroxylation is 1. The lowest BCUT2D eigenvalue weighted by Crippen LogP contribution is -2.52. The highest BCUT2D eigenvalue weighted by molar-refractivity contribution is 7.85. The Hall–Kier alpha value is -0.870. The summed E-state index contributed by atoms with van der Waals surface area (Å²) < 4.78 is 17.4. The third-order valence-electron chi connectivity index (χ3n) is 3.20. The van der Waals surface area contributed by atoms with Gasteiger partial charge in [-0.15, -0.1) is 0 Å². The van der Waals surface area contributed by atoms with E-state index in [2.05, 4.69) is 32.2 Å². The Morgan fingerprint density at radius 2 is 2.17 bits per heavy atom. The van der Waals surface area contributed by atoms with Crippen molar-refractivity contribution >= 4 is 10.8 Å². The molecular weight excluding hydrogens is 246 g/mol. The van der Waals surface area contributed by atoms with E-state index in [0.717, 1.165) is 11.3 Å². The summed E-state index contributed by atoms with van der Waals surface area (Å²) in [5.74, 6) is 2.23. The van der Waals surface area contributed by atoms with Crippen molar-refractivity contribution in [1.29, 1.82) is 0 Å². The minimum absolute atomic E-state index is 0.0947. The Morgan fingerprint density at radius 3 is 2.78 bits per heavy atom. The molecule has 0 aromatic heterocycles. The lowest BCUT2D eigenvalue weighted by molar-refractivity contribution is 0.353. The molecule has 0 amide bonds. The number of hydrogen-bond donors (Lipinski definition) is 1. The van der Waals surface area contributed by atoms with Crippen LogP contribution in [0.4, 0.5) is 0 Å². The van der Waals surface area contributed by atoms with Gasteiger partial charge in [-0.1, -0.05) is 17.7 Å². The summed E-state index contributed by atoms with van der Waals surface area (Å²) in [6.07, 6.45) is 0. The lowest BCUT2D eigenvalue weighted by atomic mass is 10.00. The maximum absolute atomic E-state index is 12.0. The van der Waals surface area contributed by atoms with Gasteiger partial charge in [-0.2, -0.15) is 0 Å². The number of nitrogens with one attached hydrogen (secondary N) is 1. The predicted molar refractivity (Wildman–Crippen MR) is 75.6 cm³/mol. The smallest absolute Gasteiger partial charge is 0.123 e. The zero-order valence-corrected chi connectivity index (χ0v) is 12.3.